The molecular weight excluding hydrogens is 753 g/mol. The van der Waals surface area contributed by atoms with E-state index in [0.29, 0.717) is 53.5 Å². The zero-order valence-corrected chi connectivity index (χ0v) is 34.9. The molecule has 4 aromatic rings. The number of hydrogen-bond acceptors (Lipinski definition) is 8. The second-order valence-corrected chi connectivity index (χ2v) is 15.6. The van der Waals surface area contributed by atoms with Gasteiger partial charge in [-0.1, -0.05) is 50.2 Å². The van der Waals surface area contributed by atoms with Crippen molar-refractivity contribution in [2.45, 2.75) is 104 Å². The lowest BCUT2D eigenvalue weighted by atomic mass is 9.95. The SMILES string of the molecule is CCOC(=O)CCCNC(=O)N(Cc1cccc(C(=O)Nc2sc3c(c2C(=O)Nc2ccc(CCCc4ccc(C(=O)OC)cc4)cc2)CCCC3)c1)C(CC)CC. The van der Waals surface area contributed by atoms with Gasteiger partial charge in [0.2, 0.25) is 0 Å². The number of urea groups is 1. The molecule has 11 nitrogen and oxygen atoms in total. The smallest absolute Gasteiger partial charge is 0.337 e. The number of fused-ring (bicyclic) bond motifs is 1. The van der Waals surface area contributed by atoms with Crippen LogP contribution < -0.4 is 16.0 Å². The first-order valence-electron chi connectivity index (χ1n) is 20.5. The lowest BCUT2D eigenvalue weighted by Crippen LogP contribution is -2.45. The van der Waals surface area contributed by atoms with Gasteiger partial charge in [-0.2, -0.15) is 0 Å². The molecule has 0 radical (unpaired) electrons. The number of hydrogen-bond donors (Lipinski definition) is 3. The number of carbonyl (C=O) groups excluding carboxylic acids is 5. The van der Waals surface area contributed by atoms with Crippen LogP contribution in [-0.4, -0.2) is 61.0 Å². The van der Waals surface area contributed by atoms with Crippen LogP contribution in [0.15, 0.2) is 72.8 Å². The minimum absolute atomic E-state index is 0.0117. The summed E-state index contributed by atoms with van der Waals surface area (Å²) in [4.78, 5) is 67.5. The molecule has 3 aromatic carbocycles. The summed E-state index contributed by atoms with van der Waals surface area (Å²) >= 11 is 1.47. The first kappa shape index (κ1) is 43.6. The van der Waals surface area contributed by atoms with E-state index in [1.165, 1.54) is 18.4 Å². The molecule has 0 bridgehead atoms. The topological polar surface area (TPSA) is 143 Å². The molecule has 0 aliphatic heterocycles. The molecule has 1 heterocycles. The highest BCUT2D eigenvalue weighted by molar-refractivity contribution is 7.17. The molecule has 58 heavy (non-hydrogen) atoms. The Hall–Kier alpha value is -5.49. The largest absolute Gasteiger partial charge is 0.466 e. The van der Waals surface area contributed by atoms with Gasteiger partial charge in [0.15, 0.2) is 0 Å². The molecule has 308 valence electrons. The maximum atomic E-state index is 14.0. The Labute approximate surface area is 345 Å². The highest BCUT2D eigenvalue weighted by Gasteiger charge is 2.27. The fourth-order valence-electron chi connectivity index (χ4n) is 7.31. The number of nitrogens with one attached hydrogen (secondary N) is 3. The first-order valence-corrected chi connectivity index (χ1v) is 21.3. The van der Waals surface area contributed by atoms with Crippen molar-refractivity contribution in [2.75, 3.05) is 30.9 Å². The normalized spacial score (nSPS) is 12.0. The number of anilines is 2. The van der Waals surface area contributed by atoms with E-state index >= 15 is 0 Å². The zero-order valence-electron chi connectivity index (χ0n) is 34.1. The van der Waals surface area contributed by atoms with Crippen LogP contribution in [0.4, 0.5) is 15.5 Å². The van der Waals surface area contributed by atoms with E-state index in [4.69, 9.17) is 9.47 Å². The van der Waals surface area contributed by atoms with Crippen molar-refractivity contribution in [3.63, 3.8) is 0 Å². The second-order valence-electron chi connectivity index (χ2n) is 14.5. The van der Waals surface area contributed by atoms with Crippen LogP contribution in [0.25, 0.3) is 0 Å². The van der Waals surface area contributed by atoms with Crippen molar-refractivity contribution in [3.05, 3.63) is 117 Å². The maximum absolute atomic E-state index is 14.0. The Morgan fingerprint density at radius 2 is 1.47 bits per heavy atom. The van der Waals surface area contributed by atoms with Crippen LogP contribution >= 0.6 is 11.3 Å². The van der Waals surface area contributed by atoms with Crippen LogP contribution in [-0.2, 0) is 46.5 Å². The Morgan fingerprint density at radius 3 is 2.14 bits per heavy atom. The number of carbonyl (C=O) groups is 5. The quantitative estimate of drug-likeness (QED) is 0.0634. The van der Waals surface area contributed by atoms with E-state index in [2.05, 4.69) is 16.0 Å². The maximum Gasteiger partial charge on any atom is 0.337 e. The number of benzene rings is 3. The molecular formula is C46H56N4O7S. The number of thiophene rings is 1. The number of aryl methyl sites for hydroxylation is 3. The fraction of sp³-hybridized carbons (Fsp3) is 0.413. The van der Waals surface area contributed by atoms with Crippen molar-refractivity contribution < 1.29 is 33.4 Å². The van der Waals surface area contributed by atoms with E-state index in [9.17, 15) is 24.0 Å². The van der Waals surface area contributed by atoms with Crippen molar-refractivity contribution >= 4 is 51.8 Å². The summed E-state index contributed by atoms with van der Waals surface area (Å²) in [6.45, 7) is 6.84. The predicted octanol–water partition coefficient (Wildman–Crippen LogP) is 9.14. The predicted molar refractivity (Wildman–Crippen MR) is 229 cm³/mol. The third-order valence-corrected chi connectivity index (χ3v) is 11.7. The van der Waals surface area contributed by atoms with Gasteiger partial charge >= 0.3 is 18.0 Å². The zero-order chi connectivity index (χ0) is 41.4. The number of methoxy groups -OCH3 is 1. The van der Waals surface area contributed by atoms with E-state index in [-0.39, 0.29) is 42.2 Å². The number of amides is 4. The molecule has 1 aliphatic carbocycles. The summed E-state index contributed by atoms with van der Waals surface area (Å²) < 4.78 is 9.77. The van der Waals surface area contributed by atoms with Gasteiger partial charge in [-0.05, 0) is 130 Å². The summed E-state index contributed by atoms with van der Waals surface area (Å²) in [6, 6.07) is 22.4. The van der Waals surface area contributed by atoms with E-state index in [1.54, 1.807) is 36.1 Å². The summed E-state index contributed by atoms with van der Waals surface area (Å²) in [7, 11) is 1.37. The molecule has 0 fully saturated rings. The van der Waals surface area contributed by atoms with Crippen molar-refractivity contribution in [2.24, 2.45) is 0 Å². The Bertz CT molecular complexity index is 2020. The van der Waals surface area contributed by atoms with Crippen LogP contribution in [0.5, 0.6) is 0 Å². The van der Waals surface area contributed by atoms with Gasteiger partial charge in [0.05, 0.1) is 24.8 Å². The first-order chi connectivity index (χ1) is 28.1. The van der Waals surface area contributed by atoms with Crippen molar-refractivity contribution in [1.29, 1.82) is 0 Å². The third kappa shape index (κ3) is 12.0. The van der Waals surface area contributed by atoms with Gasteiger partial charge in [-0.3, -0.25) is 14.4 Å². The molecule has 5 rings (SSSR count). The van der Waals surface area contributed by atoms with Gasteiger partial charge in [0.1, 0.15) is 5.00 Å². The van der Waals surface area contributed by atoms with Crippen molar-refractivity contribution in [1.82, 2.24) is 10.2 Å². The number of nitrogens with zero attached hydrogens (tertiary/aromatic N) is 1. The van der Waals surface area contributed by atoms with Gasteiger partial charge < -0.3 is 30.3 Å². The summed E-state index contributed by atoms with van der Waals surface area (Å²) in [5.74, 6) is -1.20. The molecule has 12 heteroatoms. The third-order valence-electron chi connectivity index (χ3n) is 10.5. The van der Waals surface area contributed by atoms with E-state index < -0.39 is 0 Å². The van der Waals surface area contributed by atoms with Gasteiger partial charge in [0.25, 0.3) is 11.8 Å². The fourth-order valence-corrected chi connectivity index (χ4v) is 8.59. The molecule has 1 aromatic heterocycles. The average Bonchev–Trinajstić information content (AvgIpc) is 3.61. The molecule has 4 amide bonds. The second kappa shape index (κ2) is 21.9. The summed E-state index contributed by atoms with van der Waals surface area (Å²) in [6.07, 6.45) is 8.58. The van der Waals surface area contributed by atoms with Crippen LogP contribution in [0.3, 0.4) is 0 Å². The lowest BCUT2D eigenvalue weighted by Gasteiger charge is -2.31. The molecule has 0 unspecified atom stereocenters. The van der Waals surface area contributed by atoms with Crippen molar-refractivity contribution in [3.8, 4) is 0 Å². The lowest BCUT2D eigenvalue weighted by molar-refractivity contribution is -0.143. The number of esters is 2. The number of rotatable bonds is 19. The minimum atomic E-state index is -0.345. The van der Waals surface area contributed by atoms with Crippen LogP contribution in [0, 0.1) is 0 Å². The Morgan fingerprint density at radius 1 is 0.776 bits per heavy atom. The summed E-state index contributed by atoms with van der Waals surface area (Å²) in [5.41, 5.74) is 6.28. The van der Waals surface area contributed by atoms with E-state index in [0.717, 1.165) is 84.9 Å². The van der Waals surface area contributed by atoms with Gasteiger partial charge in [0, 0.05) is 41.7 Å². The Balaban J connectivity index is 1.22. The molecule has 0 saturated heterocycles. The van der Waals surface area contributed by atoms with Crippen LogP contribution in [0.2, 0.25) is 0 Å². The van der Waals surface area contributed by atoms with Gasteiger partial charge in [-0.25, -0.2) is 9.59 Å². The number of ether oxygens (including phenoxy) is 2. The molecule has 0 spiro atoms. The Kier molecular flexibility index (Phi) is 16.5. The van der Waals surface area contributed by atoms with Crippen LogP contribution in [0.1, 0.15) is 124 Å². The minimum Gasteiger partial charge on any atom is -0.466 e. The molecule has 3 N–H and O–H groups in total. The highest BCUT2D eigenvalue weighted by atomic mass is 32.1. The average molecular weight is 809 g/mol. The highest BCUT2D eigenvalue weighted by Crippen LogP contribution is 2.39. The molecule has 0 saturated carbocycles. The van der Waals surface area contributed by atoms with E-state index in [1.807, 2.05) is 62.4 Å². The monoisotopic (exact) mass is 808 g/mol. The van der Waals surface area contributed by atoms with Gasteiger partial charge in [-0.15, -0.1) is 11.3 Å². The molecule has 0 atom stereocenters. The summed E-state index contributed by atoms with van der Waals surface area (Å²) in [5, 5.41) is 9.65. The molecule has 1 aliphatic rings. The standard InChI is InChI=1S/C46H56N4O7S/c1-5-37(6-2)50(46(55)47-28-12-19-40(51)57-7-3)30-33-15-11-16-35(29-33)42(52)49-44-41(38-17-8-9-18-39(38)58-44)43(53)48-36-26-22-32(23-27-36)14-10-13-31-20-24-34(25-21-31)45(54)56-4/h11,15-16,20-27,29,37H,5-10,12-14,17-19,28,30H2,1-4H3,(H,47,55)(H,48,53)(H,49,52).